The van der Waals surface area contributed by atoms with Crippen molar-refractivity contribution in [3.05, 3.63) is 59.1 Å². The third kappa shape index (κ3) is 5.37. The van der Waals surface area contributed by atoms with Crippen molar-refractivity contribution in [2.45, 2.75) is 17.5 Å². The summed E-state index contributed by atoms with van der Waals surface area (Å²) in [7, 11) is 2.05. The lowest BCUT2D eigenvalue weighted by molar-refractivity contribution is -0.0277. The van der Waals surface area contributed by atoms with Crippen molar-refractivity contribution < 1.29 is 14.3 Å². The van der Waals surface area contributed by atoms with Crippen molar-refractivity contribution in [2.75, 3.05) is 25.6 Å². The van der Waals surface area contributed by atoms with E-state index in [1.54, 1.807) is 24.1 Å². The molecule has 1 saturated heterocycles. The molecule has 0 aliphatic carbocycles. The van der Waals surface area contributed by atoms with Crippen molar-refractivity contribution in [1.29, 1.82) is 0 Å². The van der Waals surface area contributed by atoms with Crippen LogP contribution >= 0.6 is 23.5 Å². The maximum atomic E-state index is 11.9. The minimum absolute atomic E-state index is 0.200. The van der Waals surface area contributed by atoms with Gasteiger partial charge in [0, 0.05) is 15.6 Å². The summed E-state index contributed by atoms with van der Waals surface area (Å²) in [6.07, 6.45) is -0.487. The summed E-state index contributed by atoms with van der Waals surface area (Å²) in [5.74, 6) is 0. The average molecular weight is 379 g/mol. The number of hydrogen-bond acceptors (Lipinski definition) is 5. The Morgan fingerprint density at radius 1 is 1.24 bits per heavy atom. The van der Waals surface area contributed by atoms with E-state index in [0.717, 1.165) is 23.7 Å². The summed E-state index contributed by atoms with van der Waals surface area (Å²) in [6.45, 7) is 1.76. The molecule has 25 heavy (non-hydrogen) atoms. The van der Waals surface area contributed by atoms with Crippen LogP contribution in [0.1, 0.15) is 5.56 Å². The normalized spacial score (nSPS) is 14.2. The van der Waals surface area contributed by atoms with E-state index in [2.05, 4.69) is 16.7 Å². The zero-order valence-electron chi connectivity index (χ0n) is 13.8. The topological polar surface area (TPSA) is 50.8 Å². The Balaban J connectivity index is 1.45. The van der Waals surface area contributed by atoms with E-state index < -0.39 is 6.09 Å². The largest absolute Gasteiger partial charge is 0.444 e. The molecule has 0 unspecified atom stereocenters. The van der Waals surface area contributed by atoms with E-state index in [4.69, 9.17) is 21.1 Å². The van der Waals surface area contributed by atoms with Gasteiger partial charge in [0.25, 0.3) is 0 Å². The lowest BCUT2D eigenvalue weighted by Gasteiger charge is -2.33. The SMILES string of the molecule is CN(Sc1ccc(NC(=O)OCc2ccc(Cl)cc2)cc1)C1COC1. The second-order valence-electron chi connectivity index (χ2n) is 5.68. The highest BCUT2D eigenvalue weighted by atomic mass is 35.5. The Bertz CT molecular complexity index is 705. The molecule has 7 heteroatoms. The number of nitrogens with one attached hydrogen (secondary N) is 1. The first-order valence-electron chi connectivity index (χ1n) is 7.87. The predicted molar refractivity (Wildman–Crippen MR) is 99.9 cm³/mol. The number of benzene rings is 2. The molecular formula is C18H19ClN2O3S. The number of anilines is 1. The van der Waals surface area contributed by atoms with Crippen LogP contribution < -0.4 is 5.32 Å². The second kappa shape index (κ2) is 8.58. The van der Waals surface area contributed by atoms with Crippen LogP contribution in [-0.2, 0) is 16.1 Å². The van der Waals surface area contributed by atoms with Crippen molar-refractivity contribution >= 4 is 35.3 Å². The van der Waals surface area contributed by atoms with E-state index in [0.29, 0.717) is 16.8 Å². The van der Waals surface area contributed by atoms with Crippen LogP contribution in [0.25, 0.3) is 0 Å². The van der Waals surface area contributed by atoms with Crippen LogP contribution in [0.5, 0.6) is 0 Å². The number of carbonyl (C=O) groups is 1. The van der Waals surface area contributed by atoms with Crippen LogP contribution in [0.15, 0.2) is 53.4 Å². The molecule has 1 N–H and O–H groups in total. The van der Waals surface area contributed by atoms with Crippen LogP contribution in [0.3, 0.4) is 0 Å². The minimum atomic E-state index is -0.487. The van der Waals surface area contributed by atoms with Crippen LogP contribution in [0.4, 0.5) is 10.5 Å². The fourth-order valence-electron chi connectivity index (χ4n) is 2.16. The van der Waals surface area contributed by atoms with E-state index in [9.17, 15) is 4.79 Å². The van der Waals surface area contributed by atoms with Gasteiger partial charge in [0.15, 0.2) is 0 Å². The second-order valence-corrected chi connectivity index (χ2v) is 7.35. The maximum absolute atomic E-state index is 11.9. The van der Waals surface area contributed by atoms with Crippen LogP contribution in [0.2, 0.25) is 5.02 Å². The van der Waals surface area contributed by atoms with E-state index in [1.165, 1.54) is 0 Å². The number of nitrogens with zero attached hydrogens (tertiary/aromatic N) is 1. The molecule has 0 saturated carbocycles. The van der Waals surface area contributed by atoms with Crippen LogP contribution in [0, 0.1) is 0 Å². The molecule has 1 heterocycles. The molecule has 1 aliphatic rings. The first-order valence-corrected chi connectivity index (χ1v) is 9.02. The number of hydrogen-bond donors (Lipinski definition) is 1. The fraction of sp³-hybridized carbons (Fsp3) is 0.278. The average Bonchev–Trinajstić information content (AvgIpc) is 2.54. The molecule has 0 aromatic heterocycles. The Hall–Kier alpha value is -1.73. The van der Waals surface area contributed by atoms with Gasteiger partial charge in [-0.3, -0.25) is 5.32 Å². The highest BCUT2D eigenvalue weighted by Crippen LogP contribution is 2.26. The van der Waals surface area contributed by atoms with Crippen molar-refractivity contribution in [3.8, 4) is 0 Å². The van der Waals surface area contributed by atoms with Gasteiger partial charge in [-0.2, -0.15) is 0 Å². The Morgan fingerprint density at radius 3 is 2.52 bits per heavy atom. The molecule has 0 spiro atoms. The van der Waals surface area contributed by atoms with Gasteiger partial charge < -0.3 is 9.47 Å². The lowest BCUT2D eigenvalue weighted by atomic mass is 10.2. The third-order valence-electron chi connectivity index (χ3n) is 3.77. The summed E-state index contributed by atoms with van der Waals surface area (Å²) in [6, 6.07) is 15.3. The molecule has 1 fully saturated rings. The summed E-state index contributed by atoms with van der Waals surface area (Å²) >= 11 is 7.49. The van der Waals surface area contributed by atoms with Gasteiger partial charge in [0.1, 0.15) is 6.61 Å². The maximum Gasteiger partial charge on any atom is 0.411 e. The molecule has 1 amide bonds. The van der Waals surface area contributed by atoms with Gasteiger partial charge in [-0.1, -0.05) is 23.7 Å². The first-order chi connectivity index (χ1) is 12.1. The highest BCUT2D eigenvalue weighted by molar-refractivity contribution is 7.97. The number of amides is 1. The van der Waals surface area contributed by atoms with E-state index in [1.807, 2.05) is 36.4 Å². The van der Waals surface area contributed by atoms with Crippen molar-refractivity contribution in [1.82, 2.24) is 4.31 Å². The van der Waals surface area contributed by atoms with Crippen molar-refractivity contribution in [3.63, 3.8) is 0 Å². The summed E-state index contributed by atoms with van der Waals surface area (Å²) in [5, 5.41) is 3.37. The molecule has 132 valence electrons. The van der Waals surface area contributed by atoms with E-state index >= 15 is 0 Å². The molecule has 5 nitrogen and oxygen atoms in total. The quantitative estimate of drug-likeness (QED) is 0.754. The fourth-order valence-corrected chi connectivity index (χ4v) is 3.14. The first kappa shape index (κ1) is 18.1. The molecule has 0 radical (unpaired) electrons. The van der Waals surface area contributed by atoms with Gasteiger partial charge in [-0.05, 0) is 61.0 Å². The van der Waals surface area contributed by atoms with Gasteiger partial charge in [-0.15, -0.1) is 0 Å². The zero-order chi connectivity index (χ0) is 17.6. The predicted octanol–water partition coefficient (Wildman–Crippen LogP) is 4.43. The van der Waals surface area contributed by atoms with Gasteiger partial charge in [-0.25, -0.2) is 9.10 Å². The van der Waals surface area contributed by atoms with E-state index in [-0.39, 0.29) is 6.61 Å². The number of carbonyl (C=O) groups excluding carboxylic acids is 1. The Kier molecular flexibility index (Phi) is 6.20. The third-order valence-corrected chi connectivity index (χ3v) is 5.09. The van der Waals surface area contributed by atoms with Crippen LogP contribution in [-0.4, -0.2) is 36.7 Å². The van der Waals surface area contributed by atoms with Gasteiger partial charge in [0.05, 0.1) is 19.3 Å². The summed E-state index contributed by atoms with van der Waals surface area (Å²) in [4.78, 5) is 13.0. The van der Waals surface area contributed by atoms with Gasteiger partial charge >= 0.3 is 6.09 Å². The highest BCUT2D eigenvalue weighted by Gasteiger charge is 2.23. The number of halogens is 1. The molecule has 2 aromatic rings. The lowest BCUT2D eigenvalue weighted by Crippen LogP contribution is -2.43. The number of rotatable bonds is 6. The molecular weight excluding hydrogens is 360 g/mol. The molecule has 3 rings (SSSR count). The molecule has 0 atom stereocenters. The Morgan fingerprint density at radius 2 is 1.92 bits per heavy atom. The summed E-state index contributed by atoms with van der Waals surface area (Å²) < 4.78 is 12.6. The molecule has 0 bridgehead atoms. The molecule has 2 aromatic carbocycles. The zero-order valence-corrected chi connectivity index (χ0v) is 15.3. The Labute approximate surface area is 156 Å². The minimum Gasteiger partial charge on any atom is -0.444 e. The standard InChI is InChI=1S/C18H19ClN2O3S/c1-21(16-11-23-12-16)25-17-8-6-15(7-9-17)20-18(22)24-10-13-2-4-14(19)5-3-13/h2-9,16H,10-12H2,1H3,(H,20,22). The monoisotopic (exact) mass is 378 g/mol. The summed E-state index contributed by atoms with van der Waals surface area (Å²) in [5.41, 5.74) is 1.58. The van der Waals surface area contributed by atoms with Crippen molar-refractivity contribution in [2.24, 2.45) is 0 Å². The smallest absolute Gasteiger partial charge is 0.411 e. The molecule has 1 aliphatic heterocycles. The number of likely N-dealkylation sites (N-methyl/N-ethyl adjacent to an activating group) is 1. The van der Waals surface area contributed by atoms with Gasteiger partial charge in [0.2, 0.25) is 0 Å². The number of ether oxygens (including phenoxy) is 2.